The molecule has 0 saturated carbocycles. The van der Waals surface area contributed by atoms with Crippen LogP contribution in [0.2, 0.25) is 0 Å². The molecule has 0 spiro atoms. The molecular formula is C12H19N3O2. The van der Waals surface area contributed by atoms with Crippen LogP contribution in [0.15, 0.2) is 10.9 Å². The number of H-pyrrole nitrogens is 1. The van der Waals surface area contributed by atoms with Crippen molar-refractivity contribution in [2.75, 3.05) is 13.2 Å². The van der Waals surface area contributed by atoms with Gasteiger partial charge in [0.2, 0.25) is 0 Å². The first kappa shape index (κ1) is 12.3. The number of nitrogens with zero attached hydrogens (tertiary/aromatic N) is 2. The number of hydrogen-bond acceptors (Lipinski definition) is 4. The normalized spacial score (nSPS) is 20.9. The lowest BCUT2D eigenvalue weighted by atomic mass is 10.2. The van der Waals surface area contributed by atoms with Crippen molar-refractivity contribution in [3.05, 3.63) is 27.9 Å². The number of aromatic amines is 1. The number of hydrogen-bond donors (Lipinski definition) is 2. The Morgan fingerprint density at radius 2 is 2.47 bits per heavy atom. The average molecular weight is 237 g/mol. The van der Waals surface area contributed by atoms with Crippen molar-refractivity contribution in [3.63, 3.8) is 0 Å². The van der Waals surface area contributed by atoms with Gasteiger partial charge in [0, 0.05) is 17.8 Å². The molecule has 0 aliphatic carbocycles. The maximum atomic E-state index is 11.4. The van der Waals surface area contributed by atoms with Crippen LogP contribution in [0.4, 0.5) is 0 Å². The fraction of sp³-hybridized carbons (Fsp3) is 0.667. The largest absolute Gasteiger partial charge is 0.395 e. The van der Waals surface area contributed by atoms with Crippen molar-refractivity contribution in [1.82, 2.24) is 14.9 Å². The molecule has 1 unspecified atom stereocenters. The highest BCUT2D eigenvalue weighted by Gasteiger charge is 2.24. The Balaban J connectivity index is 2.12. The van der Waals surface area contributed by atoms with Crippen molar-refractivity contribution in [1.29, 1.82) is 0 Å². The minimum atomic E-state index is -0.0911. The summed E-state index contributed by atoms with van der Waals surface area (Å²) in [6, 6.07) is 1.75. The Morgan fingerprint density at radius 3 is 3.18 bits per heavy atom. The maximum absolute atomic E-state index is 11.4. The van der Waals surface area contributed by atoms with E-state index in [9.17, 15) is 9.90 Å². The molecule has 0 aromatic carbocycles. The third-order valence-electron chi connectivity index (χ3n) is 3.27. The average Bonchev–Trinajstić information content (AvgIpc) is 2.75. The minimum Gasteiger partial charge on any atom is -0.395 e. The molecule has 1 aliphatic rings. The molecule has 1 aromatic heterocycles. The number of aliphatic hydroxyl groups is 1. The highest BCUT2D eigenvalue weighted by molar-refractivity contribution is 5.03. The molecule has 2 rings (SSSR count). The van der Waals surface area contributed by atoms with E-state index >= 15 is 0 Å². The zero-order valence-corrected chi connectivity index (χ0v) is 10.1. The molecule has 5 heteroatoms. The van der Waals surface area contributed by atoms with E-state index in [0.717, 1.165) is 31.5 Å². The van der Waals surface area contributed by atoms with Gasteiger partial charge in [0.15, 0.2) is 0 Å². The molecule has 1 aliphatic heterocycles. The predicted octanol–water partition coefficient (Wildman–Crippen LogP) is 0.289. The van der Waals surface area contributed by atoms with Gasteiger partial charge in [0.05, 0.1) is 13.2 Å². The highest BCUT2D eigenvalue weighted by Crippen LogP contribution is 2.18. The Kier molecular flexibility index (Phi) is 3.91. The molecule has 2 N–H and O–H groups in total. The molecule has 2 heterocycles. The van der Waals surface area contributed by atoms with Crippen LogP contribution in [0.3, 0.4) is 0 Å². The lowest BCUT2D eigenvalue weighted by molar-refractivity contribution is 0.151. The second-order valence-corrected chi connectivity index (χ2v) is 4.49. The van der Waals surface area contributed by atoms with Crippen molar-refractivity contribution in [2.24, 2.45) is 0 Å². The standard InChI is InChI=1S/C12H19N3O2/c1-2-9-6-12(17)14-11(13-9)7-15-5-3-4-10(15)8-16/h6,10,16H,2-5,7-8H2,1H3,(H,13,14,17). The van der Waals surface area contributed by atoms with Gasteiger partial charge >= 0.3 is 0 Å². The van der Waals surface area contributed by atoms with Crippen LogP contribution in [-0.4, -0.2) is 39.2 Å². The van der Waals surface area contributed by atoms with Crippen LogP contribution < -0.4 is 5.56 Å². The van der Waals surface area contributed by atoms with Gasteiger partial charge in [0.25, 0.3) is 5.56 Å². The summed E-state index contributed by atoms with van der Waals surface area (Å²) in [5.41, 5.74) is 0.732. The second kappa shape index (κ2) is 5.42. The van der Waals surface area contributed by atoms with Gasteiger partial charge < -0.3 is 10.1 Å². The number of nitrogens with one attached hydrogen (secondary N) is 1. The van der Waals surface area contributed by atoms with E-state index in [1.54, 1.807) is 0 Å². The maximum Gasteiger partial charge on any atom is 0.251 e. The van der Waals surface area contributed by atoms with Crippen molar-refractivity contribution >= 4 is 0 Å². The summed E-state index contributed by atoms with van der Waals surface area (Å²) in [5, 5.41) is 9.24. The highest BCUT2D eigenvalue weighted by atomic mass is 16.3. The van der Waals surface area contributed by atoms with E-state index in [4.69, 9.17) is 0 Å². The monoisotopic (exact) mass is 237 g/mol. The topological polar surface area (TPSA) is 69.2 Å². The first-order chi connectivity index (χ1) is 8.22. The molecule has 1 saturated heterocycles. The third kappa shape index (κ3) is 2.92. The summed E-state index contributed by atoms with van der Waals surface area (Å²) < 4.78 is 0. The van der Waals surface area contributed by atoms with Crippen LogP contribution in [0.1, 0.15) is 31.3 Å². The van der Waals surface area contributed by atoms with Crippen LogP contribution in [0.5, 0.6) is 0 Å². The molecule has 0 bridgehead atoms. The predicted molar refractivity (Wildman–Crippen MR) is 64.8 cm³/mol. The number of rotatable bonds is 4. The number of aliphatic hydroxyl groups excluding tert-OH is 1. The van der Waals surface area contributed by atoms with Crippen molar-refractivity contribution < 1.29 is 5.11 Å². The van der Waals surface area contributed by atoms with Crippen LogP contribution >= 0.6 is 0 Å². The SMILES string of the molecule is CCc1cc(=O)[nH]c(CN2CCCC2CO)n1. The lowest BCUT2D eigenvalue weighted by Gasteiger charge is -2.21. The summed E-state index contributed by atoms with van der Waals surface area (Å²) in [6.07, 6.45) is 2.89. The first-order valence-corrected chi connectivity index (χ1v) is 6.17. The minimum absolute atomic E-state index is 0.0911. The molecule has 1 atom stereocenters. The molecule has 0 amide bonds. The summed E-state index contributed by atoms with van der Waals surface area (Å²) in [4.78, 5) is 20.8. The quantitative estimate of drug-likeness (QED) is 0.789. The Hall–Kier alpha value is -1.20. The smallest absolute Gasteiger partial charge is 0.251 e. The van der Waals surface area contributed by atoms with Gasteiger partial charge in [-0.05, 0) is 25.8 Å². The molecule has 5 nitrogen and oxygen atoms in total. The lowest BCUT2D eigenvalue weighted by Crippen LogP contribution is -2.33. The van der Waals surface area contributed by atoms with Gasteiger partial charge in [-0.3, -0.25) is 9.69 Å². The third-order valence-corrected chi connectivity index (χ3v) is 3.27. The van der Waals surface area contributed by atoms with E-state index < -0.39 is 0 Å². The summed E-state index contributed by atoms with van der Waals surface area (Å²) >= 11 is 0. The zero-order chi connectivity index (χ0) is 12.3. The summed E-state index contributed by atoms with van der Waals surface area (Å²) in [5.74, 6) is 0.703. The molecule has 0 radical (unpaired) electrons. The summed E-state index contributed by atoms with van der Waals surface area (Å²) in [6.45, 7) is 3.75. The molecule has 1 aromatic rings. The second-order valence-electron chi connectivity index (χ2n) is 4.49. The van der Waals surface area contributed by atoms with Crippen molar-refractivity contribution in [2.45, 2.75) is 38.8 Å². The fourth-order valence-electron chi connectivity index (χ4n) is 2.32. The van der Waals surface area contributed by atoms with Gasteiger partial charge in [0.1, 0.15) is 5.82 Å². The molecule has 17 heavy (non-hydrogen) atoms. The molecule has 94 valence electrons. The first-order valence-electron chi connectivity index (χ1n) is 6.17. The van der Waals surface area contributed by atoms with E-state index in [-0.39, 0.29) is 18.2 Å². The number of aromatic nitrogens is 2. The summed E-state index contributed by atoms with van der Waals surface area (Å²) in [7, 11) is 0. The molecule has 1 fully saturated rings. The van der Waals surface area contributed by atoms with Gasteiger partial charge in [-0.1, -0.05) is 6.92 Å². The Morgan fingerprint density at radius 1 is 1.65 bits per heavy atom. The Labute approximate surface area is 100 Å². The van der Waals surface area contributed by atoms with Crippen LogP contribution in [-0.2, 0) is 13.0 Å². The van der Waals surface area contributed by atoms with Crippen LogP contribution in [0, 0.1) is 0 Å². The zero-order valence-electron chi connectivity index (χ0n) is 10.1. The van der Waals surface area contributed by atoms with E-state index in [1.807, 2.05) is 6.92 Å². The van der Waals surface area contributed by atoms with E-state index in [1.165, 1.54) is 6.07 Å². The van der Waals surface area contributed by atoms with Crippen molar-refractivity contribution in [3.8, 4) is 0 Å². The van der Waals surface area contributed by atoms with Gasteiger partial charge in [-0.2, -0.15) is 0 Å². The van der Waals surface area contributed by atoms with E-state index in [2.05, 4.69) is 14.9 Å². The van der Waals surface area contributed by atoms with Gasteiger partial charge in [-0.15, -0.1) is 0 Å². The fourth-order valence-corrected chi connectivity index (χ4v) is 2.32. The number of likely N-dealkylation sites (tertiary alicyclic amines) is 1. The van der Waals surface area contributed by atoms with E-state index in [0.29, 0.717) is 12.4 Å². The van der Waals surface area contributed by atoms with Crippen LogP contribution in [0.25, 0.3) is 0 Å². The number of aryl methyl sites for hydroxylation is 1. The molecular weight excluding hydrogens is 218 g/mol. The van der Waals surface area contributed by atoms with Gasteiger partial charge in [-0.25, -0.2) is 4.98 Å². The Bertz CT molecular complexity index is 430.